The van der Waals surface area contributed by atoms with Crippen molar-refractivity contribution < 1.29 is 19.4 Å². The molecule has 1 aliphatic rings. The lowest BCUT2D eigenvalue weighted by atomic mass is 9.93. The van der Waals surface area contributed by atoms with Gasteiger partial charge in [-0.2, -0.15) is 9.78 Å². The van der Waals surface area contributed by atoms with Gasteiger partial charge in [-0.1, -0.05) is 0 Å². The van der Waals surface area contributed by atoms with Crippen molar-refractivity contribution >= 4 is 5.91 Å². The second-order valence-corrected chi connectivity index (χ2v) is 7.47. The summed E-state index contributed by atoms with van der Waals surface area (Å²) in [5.41, 5.74) is 1.70. The number of carbonyl (C=O) groups excluding carboxylic acids is 1. The van der Waals surface area contributed by atoms with E-state index in [1.807, 2.05) is 0 Å². The van der Waals surface area contributed by atoms with E-state index in [-0.39, 0.29) is 23.9 Å². The fourth-order valence-electron chi connectivity index (χ4n) is 3.76. The van der Waals surface area contributed by atoms with Crippen LogP contribution >= 0.6 is 0 Å². The molecule has 0 aromatic carbocycles. The Morgan fingerprint density at radius 1 is 1.13 bits per heavy atom. The third kappa shape index (κ3) is 4.51. The molecule has 0 saturated heterocycles. The summed E-state index contributed by atoms with van der Waals surface area (Å²) in [5, 5.41) is 17.9. The number of ether oxygens (including phenoxy) is 2. The average molecular weight is 423 g/mol. The second-order valence-electron chi connectivity index (χ2n) is 7.47. The van der Waals surface area contributed by atoms with Crippen molar-refractivity contribution in [2.24, 2.45) is 0 Å². The van der Waals surface area contributed by atoms with Gasteiger partial charge in [-0.15, -0.1) is 0 Å². The van der Waals surface area contributed by atoms with E-state index in [0.29, 0.717) is 22.8 Å². The van der Waals surface area contributed by atoms with E-state index in [1.165, 1.54) is 18.0 Å². The summed E-state index contributed by atoms with van der Waals surface area (Å²) in [5.74, 6) is 0.623. The number of carbonyl (C=O) groups is 1. The molecule has 1 aliphatic carbocycles. The van der Waals surface area contributed by atoms with Crippen LogP contribution in [0.3, 0.4) is 0 Å². The number of rotatable bonds is 6. The Morgan fingerprint density at radius 3 is 2.61 bits per heavy atom. The van der Waals surface area contributed by atoms with Gasteiger partial charge < -0.3 is 19.9 Å². The summed E-state index contributed by atoms with van der Waals surface area (Å²) < 4.78 is 11.8. The summed E-state index contributed by atoms with van der Waals surface area (Å²) in [4.78, 5) is 20.9. The van der Waals surface area contributed by atoms with Gasteiger partial charge >= 0.3 is 0 Å². The lowest BCUT2D eigenvalue weighted by molar-refractivity contribution is 0.0599. The number of hydrogen-bond acceptors (Lipinski definition) is 7. The van der Waals surface area contributed by atoms with Crippen LogP contribution in [0.5, 0.6) is 11.8 Å². The van der Waals surface area contributed by atoms with Crippen LogP contribution in [0.2, 0.25) is 0 Å². The van der Waals surface area contributed by atoms with Crippen molar-refractivity contribution in [1.29, 1.82) is 0 Å². The minimum Gasteiger partial charge on any atom is -0.493 e. The van der Waals surface area contributed by atoms with Crippen LogP contribution in [0.1, 0.15) is 36.0 Å². The maximum absolute atomic E-state index is 12.6. The molecule has 0 atom stereocenters. The van der Waals surface area contributed by atoms with Crippen LogP contribution in [0.15, 0.2) is 42.9 Å². The predicted molar refractivity (Wildman–Crippen MR) is 113 cm³/mol. The molecule has 1 saturated carbocycles. The maximum atomic E-state index is 12.6. The molecule has 0 bridgehead atoms. The van der Waals surface area contributed by atoms with Crippen molar-refractivity contribution in [3.63, 3.8) is 0 Å². The molecular weight excluding hydrogens is 398 g/mol. The zero-order valence-corrected chi connectivity index (χ0v) is 17.5. The van der Waals surface area contributed by atoms with Gasteiger partial charge in [0.1, 0.15) is 0 Å². The lowest BCUT2D eigenvalue weighted by Crippen LogP contribution is -2.38. The third-order valence-corrected chi connectivity index (χ3v) is 5.57. The SMILES string of the molecule is COc1cc(-c2cnn(-c3ccc(C(=O)N[C@H]4CC[C@H](OC)CC4)cn3)c2O)ccn1. The Kier molecular flexibility index (Phi) is 6.13. The van der Waals surface area contributed by atoms with Gasteiger partial charge in [-0.3, -0.25) is 4.79 Å². The molecule has 3 aromatic heterocycles. The van der Waals surface area contributed by atoms with Crippen LogP contribution in [0.4, 0.5) is 0 Å². The van der Waals surface area contributed by atoms with Crippen LogP contribution in [0.25, 0.3) is 16.9 Å². The molecule has 9 heteroatoms. The Morgan fingerprint density at radius 2 is 1.94 bits per heavy atom. The number of aromatic hydroxyl groups is 1. The molecule has 3 aromatic rings. The highest BCUT2D eigenvalue weighted by Crippen LogP contribution is 2.31. The molecule has 3 heterocycles. The highest BCUT2D eigenvalue weighted by atomic mass is 16.5. The Hall–Kier alpha value is -3.46. The second kappa shape index (κ2) is 9.13. The van der Waals surface area contributed by atoms with Crippen molar-refractivity contribution in [2.45, 2.75) is 37.8 Å². The molecule has 0 aliphatic heterocycles. The van der Waals surface area contributed by atoms with Gasteiger partial charge in [0.05, 0.1) is 30.5 Å². The molecule has 1 amide bonds. The van der Waals surface area contributed by atoms with Gasteiger partial charge in [0.2, 0.25) is 11.8 Å². The van der Waals surface area contributed by atoms with Crippen molar-refractivity contribution in [1.82, 2.24) is 25.1 Å². The molecule has 31 heavy (non-hydrogen) atoms. The van der Waals surface area contributed by atoms with E-state index in [4.69, 9.17) is 9.47 Å². The van der Waals surface area contributed by atoms with Crippen LogP contribution in [-0.2, 0) is 4.74 Å². The molecule has 0 unspecified atom stereocenters. The monoisotopic (exact) mass is 423 g/mol. The number of pyridine rings is 2. The molecule has 0 spiro atoms. The minimum atomic E-state index is -0.158. The van der Waals surface area contributed by atoms with Crippen molar-refractivity contribution in [3.05, 3.63) is 48.4 Å². The summed E-state index contributed by atoms with van der Waals surface area (Å²) in [6.07, 6.45) is 8.61. The number of amides is 1. The smallest absolute Gasteiger partial charge is 0.253 e. The standard InChI is InChI=1S/C22H25N5O4/c1-30-17-6-4-16(5-7-17)26-21(28)15-3-8-19(24-12-15)27-22(29)18(13-25-27)14-9-10-23-20(11-14)31-2/h3,8-13,16-17,29H,4-7H2,1-2H3,(H,26,28)/t16-,17-. The van der Waals surface area contributed by atoms with E-state index >= 15 is 0 Å². The Balaban J connectivity index is 1.46. The van der Waals surface area contributed by atoms with Crippen molar-refractivity contribution in [2.75, 3.05) is 14.2 Å². The predicted octanol–water partition coefficient (Wildman–Crippen LogP) is 2.73. The molecule has 2 N–H and O–H groups in total. The van der Waals surface area contributed by atoms with E-state index < -0.39 is 0 Å². The Bertz CT molecular complexity index is 1040. The topological polar surface area (TPSA) is 111 Å². The van der Waals surface area contributed by atoms with Crippen LogP contribution in [-0.4, -0.2) is 57.1 Å². The lowest BCUT2D eigenvalue weighted by Gasteiger charge is -2.28. The number of aromatic nitrogens is 4. The van der Waals surface area contributed by atoms with E-state index in [2.05, 4.69) is 20.4 Å². The van der Waals surface area contributed by atoms with Crippen LogP contribution in [0, 0.1) is 0 Å². The molecule has 1 fully saturated rings. The van der Waals surface area contributed by atoms with E-state index in [0.717, 1.165) is 31.2 Å². The molecule has 9 nitrogen and oxygen atoms in total. The fraction of sp³-hybridized carbons (Fsp3) is 0.364. The molecule has 162 valence electrons. The van der Waals surface area contributed by atoms with Gasteiger partial charge in [-0.25, -0.2) is 9.97 Å². The largest absolute Gasteiger partial charge is 0.493 e. The molecular formula is C22H25N5O4. The van der Waals surface area contributed by atoms with E-state index in [1.54, 1.807) is 43.8 Å². The summed E-state index contributed by atoms with van der Waals surface area (Å²) >= 11 is 0. The normalized spacial score (nSPS) is 18.5. The van der Waals surface area contributed by atoms with Crippen LogP contribution < -0.4 is 10.1 Å². The quantitative estimate of drug-likeness (QED) is 0.627. The first-order valence-electron chi connectivity index (χ1n) is 10.2. The first-order valence-corrected chi connectivity index (χ1v) is 10.2. The molecule has 0 radical (unpaired) electrons. The number of nitrogens with zero attached hydrogens (tertiary/aromatic N) is 4. The number of hydrogen-bond donors (Lipinski definition) is 2. The highest BCUT2D eigenvalue weighted by molar-refractivity contribution is 5.94. The maximum Gasteiger partial charge on any atom is 0.253 e. The van der Waals surface area contributed by atoms with Gasteiger partial charge in [0.25, 0.3) is 5.91 Å². The minimum absolute atomic E-state index is 0.0622. The van der Waals surface area contributed by atoms with E-state index in [9.17, 15) is 9.90 Å². The third-order valence-electron chi connectivity index (χ3n) is 5.57. The fourth-order valence-corrected chi connectivity index (χ4v) is 3.76. The zero-order valence-electron chi connectivity index (χ0n) is 17.5. The first-order chi connectivity index (χ1) is 15.1. The summed E-state index contributed by atoms with van der Waals surface area (Å²) in [6.45, 7) is 0. The zero-order chi connectivity index (χ0) is 21.8. The van der Waals surface area contributed by atoms with Gasteiger partial charge in [0, 0.05) is 31.6 Å². The van der Waals surface area contributed by atoms with Gasteiger partial charge in [0.15, 0.2) is 5.82 Å². The average Bonchev–Trinajstić information content (AvgIpc) is 3.21. The Labute approximate surface area is 180 Å². The van der Waals surface area contributed by atoms with Crippen molar-refractivity contribution in [3.8, 4) is 28.7 Å². The van der Waals surface area contributed by atoms with Gasteiger partial charge in [-0.05, 0) is 49.4 Å². The molecule has 4 rings (SSSR count). The highest BCUT2D eigenvalue weighted by Gasteiger charge is 2.23. The summed E-state index contributed by atoms with van der Waals surface area (Å²) in [6, 6.07) is 6.94. The first kappa shape index (κ1) is 20.8. The number of methoxy groups -OCH3 is 2. The number of nitrogens with one attached hydrogen (secondary N) is 1. The summed E-state index contributed by atoms with van der Waals surface area (Å²) in [7, 11) is 3.26.